The Labute approximate surface area is 191 Å². The van der Waals surface area contributed by atoms with Gasteiger partial charge in [-0.05, 0) is 52.2 Å². The van der Waals surface area contributed by atoms with Crippen molar-refractivity contribution in [2.75, 3.05) is 11.5 Å². The van der Waals surface area contributed by atoms with Gasteiger partial charge in [-0.15, -0.1) is 23.5 Å². The molecule has 4 aromatic carbocycles. The first-order valence-corrected chi connectivity index (χ1v) is 12.2. The van der Waals surface area contributed by atoms with Crippen LogP contribution in [0.2, 0.25) is 0 Å². The largest absolute Gasteiger partial charge is 0.458 e. The summed E-state index contributed by atoms with van der Waals surface area (Å²) in [5.74, 6) is 1.24. The molecule has 1 unspecified atom stereocenters. The molecule has 0 aliphatic rings. The van der Waals surface area contributed by atoms with Crippen molar-refractivity contribution in [1.82, 2.24) is 0 Å². The molecule has 0 saturated carbocycles. The number of rotatable bonds is 9. The van der Waals surface area contributed by atoms with Crippen molar-refractivity contribution < 1.29 is 9.53 Å². The fourth-order valence-electron chi connectivity index (χ4n) is 3.40. The Kier molecular flexibility index (Phi) is 7.34. The first kappa shape index (κ1) is 21.5. The Morgan fingerprint density at radius 3 is 1.94 bits per heavy atom. The van der Waals surface area contributed by atoms with Crippen molar-refractivity contribution in [3.05, 3.63) is 97.6 Å². The minimum absolute atomic E-state index is 0.157. The van der Waals surface area contributed by atoms with Crippen LogP contribution in [-0.2, 0) is 9.53 Å². The number of ether oxygens (including phenoxy) is 1. The lowest BCUT2D eigenvalue weighted by Crippen LogP contribution is -2.20. The highest BCUT2D eigenvalue weighted by atomic mass is 32.2. The van der Waals surface area contributed by atoms with E-state index in [0.717, 1.165) is 17.9 Å². The van der Waals surface area contributed by atoms with Gasteiger partial charge in [-0.2, -0.15) is 0 Å². The van der Waals surface area contributed by atoms with Gasteiger partial charge < -0.3 is 4.74 Å². The van der Waals surface area contributed by atoms with Crippen molar-refractivity contribution in [2.24, 2.45) is 0 Å². The van der Waals surface area contributed by atoms with Crippen LogP contribution in [0.5, 0.6) is 0 Å². The Bertz CT molecular complexity index is 1200. The lowest BCUT2D eigenvalue weighted by Gasteiger charge is -2.17. The molecule has 0 radical (unpaired) electrons. The second kappa shape index (κ2) is 10.6. The van der Waals surface area contributed by atoms with E-state index < -0.39 is 0 Å². The van der Waals surface area contributed by atoms with E-state index in [2.05, 4.69) is 85.4 Å². The van der Waals surface area contributed by atoms with Crippen LogP contribution >= 0.6 is 23.5 Å². The van der Waals surface area contributed by atoms with Gasteiger partial charge in [-0.25, -0.2) is 4.79 Å². The van der Waals surface area contributed by atoms with Gasteiger partial charge >= 0.3 is 5.97 Å². The number of esters is 1. The summed E-state index contributed by atoms with van der Waals surface area (Å²) in [6.45, 7) is 3.54. The van der Waals surface area contributed by atoms with Crippen molar-refractivity contribution >= 4 is 51.0 Å². The summed E-state index contributed by atoms with van der Waals surface area (Å²) in [6.07, 6.45) is 1.87. The summed E-state index contributed by atoms with van der Waals surface area (Å²) in [7, 11) is 0. The molecule has 0 heterocycles. The first-order chi connectivity index (χ1) is 15.2. The van der Waals surface area contributed by atoms with Gasteiger partial charge in [0.2, 0.25) is 0 Å². The van der Waals surface area contributed by atoms with Gasteiger partial charge in [0.25, 0.3) is 0 Å². The second-order valence-corrected chi connectivity index (χ2v) is 9.49. The normalized spacial score (nSPS) is 12.0. The number of hydrogen-bond acceptors (Lipinski definition) is 4. The lowest BCUT2D eigenvalue weighted by atomic mass is 10.1. The quantitative estimate of drug-likeness (QED) is 0.153. The van der Waals surface area contributed by atoms with Crippen molar-refractivity contribution in [2.45, 2.75) is 22.3 Å². The SMILES string of the molecule is C=CC(=O)OC(CCSc1ccc2ccccc2c1)CSc1ccc2ccccc2c1. The molecule has 2 nitrogen and oxygen atoms in total. The minimum Gasteiger partial charge on any atom is -0.458 e. The molecule has 4 rings (SSSR count). The second-order valence-electron chi connectivity index (χ2n) is 7.23. The van der Waals surface area contributed by atoms with Crippen LogP contribution in [0.4, 0.5) is 0 Å². The average molecular weight is 445 g/mol. The number of fused-ring (bicyclic) bond motifs is 2. The fraction of sp³-hybridized carbons (Fsp3) is 0.148. The zero-order chi connectivity index (χ0) is 21.5. The Morgan fingerprint density at radius 1 is 0.806 bits per heavy atom. The highest BCUT2D eigenvalue weighted by Crippen LogP contribution is 2.28. The van der Waals surface area contributed by atoms with Crippen LogP contribution in [-0.4, -0.2) is 23.6 Å². The molecule has 0 amide bonds. The third kappa shape index (κ3) is 5.93. The summed E-state index contributed by atoms with van der Waals surface area (Å²) in [4.78, 5) is 14.2. The third-order valence-corrected chi connectivity index (χ3v) is 7.19. The molecule has 0 aliphatic carbocycles. The van der Waals surface area contributed by atoms with Gasteiger partial charge in [0, 0.05) is 27.4 Å². The molecule has 1 atom stereocenters. The van der Waals surface area contributed by atoms with E-state index in [4.69, 9.17) is 4.74 Å². The summed E-state index contributed by atoms with van der Waals surface area (Å²) < 4.78 is 5.63. The molecule has 4 heteroatoms. The van der Waals surface area contributed by atoms with Gasteiger partial charge in [0.05, 0.1) is 0 Å². The molecule has 0 aliphatic heterocycles. The summed E-state index contributed by atoms with van der Waals surface area (Å²) in [6, 6.07) is 29.7. The van der Waals surface area contributed by atoms with Gasteiger partial charge in [-0.1, -0.05) is 67.2 Å². The maximum atomic E-state index is 11.8. The van der Waals surface area contributed by atoms with Crippen molar-refractivity contribution in [3.8, 4) is 0 Å². The standard InChI is InChI=1S/C27H24O2S2/c1-2-27(28)29-24(19-31-26-14-12-21-8-4-6-10-23(21)18-26)15-16-30-25-13-11-20-7-3-5-9-22(20)17-25/h2-14,17-18,24H,1,15-16,19H2. The van der Waals surface area contributed by atoms with E-state index in [1.807, 2.05) is 6.07 Å². The predicted octanol–water partition coefficient (Wildman–Crippen LogP) is 7.37. The average Bonchev–Trinajstić information content (AvgIpc) is 2.82. The number of carbonyl (C=O) groups excluding carboxylic acids is 1. The molecule has 0 bridgehead atoms. The highest BCUT2D eigenvalue weighted by Gasteiger charge is 2.14. The maximum Gasteiger partial charge on any atom is 0.330 e. The minimum atomic E-state index is -0.361. The molecule has 0 fully saturated rings. The summed E-state index contributed by atoms with van der Waals surface area (Å²) in [5, 5.41) is 4.94. The van der Waals surface area contributed by atoms with E-state index in [1.54, 1.807) is 23.5 Å². The summed E-state index contributed by atoms with van der Waals surface area (Å²) in [5.41, 5.74) is 0. The number of carbonyl (C=O) groups is 1. The number of benzene rings is 4. The monoisotopic (exact) mass is 444 g/mol. The molecule has 4 aromatic rings. The molecule has 0 spiro atoms. The summed E-state index contributed by atoms with van der Waals surface area (Å²) >= 11 is 3.52. The maximum absolute atomic E-state index is 11.8. The molecule has 0 N–H and O–H groups in total. The van der Waals surface area contributed by atoms with Crippen LogP contribution in [0.3, 0.4) is 0 Å². The predicted molar refractivity (Wildman–Crippen MR) is 134 cm³/mol. The van der Waals surface area contributed by atoms with Crippen molar-refractivity contribution in [3.63, 3.8) is 0 Å². The van der Waals surface area contributed by atoms with Crippen molar-refractivity contribution in [1.29, 1.82) is 0 Å². The van der Waals surface area contributed by atoms with Gasteiger partial charge in [-0.3, -0.25) is 0 Å². The number of hydrogen-bond donors (Lipinski definition) is 0. The zero-order valence-corrected chi connectivity index (χ0v) is 18.8. The lowest BCUT2D eigenvalue weighted by molar-refractivity contribution is -0.141. The topological polar surface area (TPSA) is 26.3 Å². The van der Waals surface area contributed by atoms with E-state index in [-0.39, 0.29) is 12.1 Å². The molecule has 0 aromatic heterocycles. The van der Waals surface area contributed by atoms with Crippen LogP contribution < -0.4 is 0 Å². The van der Waals surface area contributed by atoms with Gasteiger partial charge in [0.15, 0.2) is 0 Å². The zero-order valence-electron chi connectivity index (χ0n) is 17.2. The Hall–Kier alpha value is -2.69. The molecule has 31 heavy (non-hydrogen) atoms. The first-order valence-electron chi connectivity index (χ1n) is 10.3. The Balaban J connectivity index is 1.36. The van der Waals surface area contributed by atoms with Crippen LogP contribution in [0.15, 0.2) is 107 Å². The van der Waals surface area contributed by atoms with E-state index in [1.165, 1.54) is 37.4 Å². The fourth-order valence-corrected chi connectivity index (χ4v) is 5.38. The smallest absolute Gasteiger partial charge is 0.330 e. The molecule has 156 valence electrons. The van der Waals surface area contributed by atoms with E-state index >= 15 is 0 Å². The van der Waals surface area contributed by atoms with Gasteiger partial charge in [0.1, 0.15) is 6.10 Å². The van der Waals surface area contributed by atoms with Crippen LogP contribution in [0.25, 0.3) is 21.5 Å². The Morgan fingerprint density at radius 2 is 1.35 bits per heavy atom. The molecular formula is C27H24O2S2. The third-order valence-electron chi connectivity index (χ3n) is 5.04. The number of thioether (sulfide) groups is 2. The van der Waals surface area contributed by atoms with Crippen LogP contribution in [0.1, 0.15) is 6.42 Å². The van der Waals surface area contributed by atoms with Crippen LogP contribution in [0, 0.1) is 0 Å². The van der Waals surface area contributed by atoms with E-state index in [0.29, 0.717) is 0 Å². The molecule has 0 saturated heterocycles. The highest BCUT2D eigenvalue weighted by molar-refractivity contribution is 7.99. The molecular weight excluding hydrogens is 420 g/mol. The van der Waals surface area contributed by atoms with E-state index in [9.17, 15) is 4.79 Å².